The third kappa shape index (κ3) is 4.60. The van der Waals surface area contributed by atoms with Crippen molar-refractivity contribution < 1.29 is 22.7 Å². The summed E-state index contributed by atoms with van der Waals surface area (Å²) in [5.74, 6) is -0.440. The molecular formula is C18H20N6O6S. The Kier molecular flexibility index (Phi) is 5.88. The first kappa shape index (κ1) is 22.1. The number of nitro benzene ring substituents is 1. The van der Waals surface area contributed by atoms with E-state index in [0.29, 0.717) is 17.0 Å². The van der Waals surface area contributed by atoms with Gasteiger partial charge in [-0.05, 0) is 13.8 Å². The van der Waals surface area contributed by atoms with E-state index in [-0.39, 0.29) is 35.9 Å². The van der Waals surface area contributed by atoms with Gasteiger partial charge in [-0.2, -0.15) is 10.1 Å². The minimum absolute atomic E-state index is 0.00879. The number of aryl methyl sites for hydroxylation is 3. The quantitative estimate of drug-likeness (QED) is 0.389. The molecule has 0 fully saturated rings. The average molecular weight is 448 g/mol. The molecule has 0 saturated carbocycles. The number of non-ortho nitro benzene ring substituents is 1. The van der Waals surface area contributed by atoms with E-state index in [0.717, 1.165) is 10.6 Å². The maximum absolute atomic E-state index is 12.8. The Hall–Kier alpha value is -3.61. The van der Waals surface area contributed by atoms with Gasteiger partial charge >= 0.3 is 0 Å². The number of hydrogen-bond acceptors (Lipinski definition) is 9. The van der Waals surface area contributed by atoms with Crippen LogP contribution in [0.2, 0.25) is 0 Å². The summed E-state index contributed by atoms with van der Waals surface area (Å²) in [6, 6.07) is 5.73. The summed E-state index contributed by atoms with van der Waals surface area (Å²) in [7, 11) is -2.25. The zero-order chi connectivity index (χ0) is 22.9. The van der Waals surface area contributed by atoms with Crippen LogP contribution in [-0.4, -0.2) is 45.4 Å². The zero-order valence-corrected chi connectivity index (χ0v) is 18.1. The number of amides is 1. The predicted molar refractivity (Wildman–Crippen MR) is 110 cm³/mol. The number of hydrogen-bond donors (Lipinski definition) is 0. The van der Waals surface area contributed by atoms with Gasteiger partial charge in [-0.1, -0.05) is 17.3 Å². The first-order valence-corrected chi connectivity index (χ1v) is 10.9. The second-order valence-corrected chi connectivity index (χ2v) is 8.71. The summed E-state index contributed by atoms with van der Waals surface area (Å²) in [6.45, 7) is 3.29. The van der Waals surface area contributed by atoms with Crippen LogP contribution in [-0.2, 0) is 28.3 Å². The zero-order valence-electron chi connectivity index (χ0n) is 17.3. The molecular weight excluding hydrogens is 428 g/mol. The number of nitro groups is 1. The molecule has 0 aliphatic heterocycles. The van der Waals surface area contributed by atoms with Gasteiger partial charge in [0.05, 0.1) is 22.6 Å². The van der Waals surface area contributed by atoms with Crippen molar-refractivity contribution in [3.63, 3.8) is 0 Å². The van der Waals surface area contributed by atoms with Crippen molar-refractivity contribution in [1.29, 1.82) is 0 Å². The second-order valence-electron chi connectivity index (χ2n) is 6.88. The summed E-state index contributed by atoms with van der Waals surface area (Å²) in [4.78, 5) is 27.4. The highest BCUT2D eigenvalue weighted by Crippen LogP contribution is 2.27. The van der Waals surface area contributed by atoms with Crippen molar-refractivity contribution in [2.75, 3.05) is 10.6 Å². The van der Waals surface area contributed by atoms with Crippen molar-refractivity contribution in [1.82, 2.24) is 19.9 Å². The fourth-order valence-corrected chi connectivity index (χ4v) is 4.14. The van der Waals surface area contributed by atoms with E-state index in [1.165, 1.54) is 22.9 Å². The Morgan fingerprint density at radius 3 is 2.61 bits per heavy atom. The number of rotatable bonds is 7. The van der Waals surface area contributed by atoms with Crippen LogP contribution in [0.5, 0.6) is 0 Å². The van der Waals surface area contributed by atoms with Gasteiger partial charge in [0.1, 0.15) is 5.69 Å². The molecule has 13 heteroatoms. The predicted octanol–water partition coefficient (Wildman–Crippen LogP) is 1.92. The van der Waals surface area contributed by atoms with Crippen molar-refractivity contribution in [2.45, 2.75) is 26.7 Å². The van der Waals surface area contributed by atoms with E-state index in [2.05, 4.69) is 15.2 Å². The molecule has 1 amide bonds. The molecule has 3 rings (SSSR count). The van der Waals surface area contributed by atoms with Crippen LogP contribution in [0.4, 0.5) is 11.4 Å². The topological polar surface area (TPSA) is 154 Å². The summed E-state index contributed by atoms with van der Waals surface area (Å²) >= 11 is 0. The van der Waals surface area contributed by atoms with Gasteiger partial charge in [-0.25, -0.2) is 12.7 Å². The molecule has 31 heavy (non-hydrogen) atoms. The van der Waals surface area contributed by atoms with E-state index in [4.69, 9.17) is 4.52 Å². The van der Waals surface area contributed by atoms with Crippen LogP contribution < -0.4 is 4.31 Å². The monoisotopic (exact) mass is 448 g/mol. The minimum Gasteiger partial charge on any atom is -0.339 e. The van der Waals surface area contributed by atoms with E-state index in [1.54, 1.807) is 27.0 Å². The molecule has 0 aliphatic rings. The lowest BCUT2D eigenvalue weighted by Crippen LogP contribution is -2.37. The second kappa shape index (κ2) is 8.26. The molecule has 164 valence electrons. The molecule has 1 aromatic carbocycles. The normalized spacial score (nSPS) is 11.5. The minimum atomic E-state index is -3.90. The van der Waals surface area contributed by atoms with Crippen molar-refractivity contribution in [2.24, 2.45) is 7.05 Å². The van der Waals surface area contributed by atoms with E-state index >= 15 is 0 Å². The third-order valence-electron chi connectivity index (χ3n) is 4.57. The third-order valence-corrected chi connectivity index (χ3v) is 5.62. The summed E-state index contributed by atoms with van der Waals surface area (Å²) in [6.07, 6.45) is 0.729. The number of carbonyl (C=O) groups excluding carboxylic acids is 1. The molecule has 0 saturated heterocycles. The molecule has 2 heterocycles. The number of benzene rings is 1. The van der Waals surface area contributed by atoms with Crippen LogP contribution in [0.3, 0.4) is 0 Å². The van der Waals surface area contributed by atoms with Crippen LogP contribution in [0.1, 0.15) is 23.7 Å². The molecule has 0 N–H and O–H groups in total. The molecule has 0 bridgehead atoms. The maximum atomic E-state index is 12.8. The van der Waals surface area contributed by atoms with Crippen molar-refractivity contribution in [3.05, 3.63) is 51.7 Å². The highest BCUT2D eigenvalue weighted by Gasteiger charge is 2.30. The highest BCUT2D eigenvalue weighted by molar-refractivity contribution is 7.92. The average Bonchev–Trinajstić information content (AvgIpc) is 3.26. The number of nitrogens with zero attached hydrogens (tertiary/aromatic N) is 6. The standard InChI is InChI=1S/C18H20N6O6S/c1-11-17(12(2)22(3)20-11)23(31(4,28)29)16(25)9-8-15-19-18(21-30-15)13-6-5-7-14(10-13)24(26)27/h5-7,10H,8-9H2,1-4H3. The molecule has 0 spiro atoms. The Morgan fingerprint density at radius 1 is 1.32 bits per heavy atom. The van der Waals surface area contributed by atoms with Crippen LogP contribution in [0.15, 0.2) is 28.8 Å². The van der Waals surface area contributed by atoms with Crippen LogP contribution in [0, 0.1) is 24.0 Å². The fraction of sp³-hybridized carbons (Fsp3) is 0.333. The lowest BCUT2D eigenvalue weighted by atomic mass is 10.2. The van der Waals surface area contributed by atoms with E-state index in [9.17, 15) is 23.3 Å². The maximum Gasteiger partial charge on any atom is 0.270 e. The van der Waals surface area contributed by atoms with Gasteiger partial charge in [-0.3, -0.25) is 19.6 Å². The largest absolute Gasteiger partial charge is 0.339 e. The highest BCUT2D eigenvalue weighted by atomic mass is 32.2. The van der Waals surface area contributed by atoms with Gasteiger partial charge in [0.2, 0.25) is 27.6 Å². The lowest BCUT2D eigenvalue weighted by Gasteiger charge is -2.20. The van der Waals surface area contributed by atoms with Crippen molar-refractivity contribution >= 4 is 27.3 Å². The number of sulfonamides is 1. The number of anilines is 1. The molecule has 2 aromatic heterocycles. The Morgan fingerprint density at radius 2 is 2.03 bits per heavy atom. The first-order valence-electron chi connectivity index (χ1n) is 9.09. The summed E-state index contributed by atoms with van der Waals surface area (Å²) < 4.78 is 32.0. The van der Waals surface area contributed by atoms with Gasteiger partial charge in [0, 0.05) is 37.6 Å². The molecule has 0 aliphatic carbocycles. The molecule has 3 aromatic rings. The van der Waals surface area contributed by atoms with Crippen molar-refractivity contribution in [3.8, 4) is 11.4 Å². The Bertz CT molecular complexity index is 1260. The SMILES string of the molecule is Cc1nn(C)c(C)c1N(C(=O)CCc1nc(-c2cccc([N+](=O)[O-])c2)no1)S(C)(=O)=O. The van der Waals surface area contributed by atoms with E-state index < -0.39 is 20.9 Å². The molecule has 0 atom stereocenters. The van der Waals surface area contributed by atoms with Gasteiger partial charge in [-0.15, -0.1) is 0 Å². The Labute approximate surface area is 177 Å². The van der Waals surface area contributed by atoms with Gasteiger partial charge in [0.25, 0.3) is 5.69 Å². The Balaban J connectivity index is 1.80. The molecule has 0 unspecified atom stereocenters. The van der Waals surface area contributed by atoms with E-state index in [1.807, 2.05) is 0 Å². The van der Waals surface area contributed by atoms with Crippen LogP contribution >= 0.6 is 0 Å². The summed E-state index contributed by atoms with van der Waals surface area (Å²) in [5.41, 5.74) is 1.42. The summed E-state index contributed by atoms with van der Waals surface area (Å²) in [5, 5.41) is 18.9. The molecule has 0 radical (unpaired) electrons. The smallest absolute Gasteiger partial charge is 0.270 e. The lowest BCUT2D eigenvalue weighted by molar-refractivity contribution is -0.384. The van der Waals surface area contributed by atoms with Gasteiger partial charge < -0.3 is 4.52 Å². The molecule has 12 nitrogen and oxygen atoms in total. The van der Waals surface area contributed by atoms with Gasteiger partial charge in [0.15, 0.2) is 0 Å². The first-order chi connectivity index (χ1) is 14.5. The fourth-order valence-electron chi connectivity index (χ4n) is 3.08. The number of carbonyl (C=O) groups is 1. The number of aromatic nitrogens is 4. The van der Waals surface area contributed by atoms with Crippen LogP contribution in [0.25, 0.3) is 11.4 Å².